The number of rotatable bonds is 4. The molecule has 1 heterocycles. The summed E-state index contributed by atoms with van der Waals surface area (Å²) in [5, 5.41) is 12.7. The second kappa shape index (κ2) is 6.08. The summed E-state index contributed by atoms with van der Waals surface area (Å²) in [5.41, 5.74) is 2.58. The molecular weight excluding hydrogens is 296 g/mol. The first-order chi connectivity index (χ1) is 11.9. The standard InChI is InChI=1S/C20H16N4/c1-4-10-17(11-5-1)20(24-22-16-21-23-24,18-12-6-2-7-13-18)19-14-8-3-9-15-19/h1-16H. The molecule has 0 amide bonds. The van der Waals surface area contributed by atoms with E-state index in [-0.39, 0.29) is 0 Å². The van der Waals surface area contributed by atoms with Crippen molar-refractivity contribution in [3.8, 4) is 0 Å². The normalized spacial score (nSPS) is 11.3. The Morgan fingerprint density at radius 3 is 1.33 bits per heavy atom. The molecule has 3 aromatic carbocycles. The summed E-state index contributed by atoms with van der Waals surface area (Å²) < 4.78 is 0. The second-order valence-corrected chi connectivity index (χ2v) is 5.53. The third kappa shape index (κ3) is 2.20. The van der Waals surface area contributed by atoms with E-state index < -0.39 is 5.54 Å². The van der Waals surface area contributed by atoms with Gasteiger partial charge in [-0.3, -0.25) is 0 Å². The summed E-state index contributed by atoms with van der Waals surface area (Å²) >= 11 is 0. The lowest BCUT2D eigenvalue weighted by Crippen LogP contribution is -2.39. The van der Waals surface area contributed by atoms with Gasteiger partial charge in [-0.25, -0.2) is 0 Å². The highest BCUT2D eigenvalue weighted by Crippen LogP contribution is 2.39. The SMILES string of the molecule is c1ccc(C(c2ccccc2)(c2ccccc2)n2ncnn2)cc1. The van der Waals surface area contributed by atoms with Crippen molar-refractivity contribution in [2.45, 2.75) is 5.54 Å². The van der Waals surface area contributed by atoms with Gasteiger partial charge in [0, 0.05) is 0 Å². The van der Waals surface area contributed by atoms with E-state index in [1.807, 2.05) is 54.6 Å². The fourth-order valence-corrected chi connectivity index (χ4v) is 3.21. The summed E-state index contributed by atoms with van der Waals surface area (Å²) in [5.74, 6) is 0. The first-order valence-electron chi connectivity index (χ1n) is 7.82. The van der Waals surface area contributed by atoms with Crippen LogP contribution in [0.5, 0.6) is 0 Å². The topological polar surface area (TPSA) is 43.6 Å². The van der Waals surface area contributed by atoms with Crippen LogP contribution in [0.25, 0.3) is 0 Å². The molecule has 4 heteroatoms. The fourth-order valence-electron chi connectivity index (χ4n) is 3.21. The number of hydrogen-bond acceptors (Lipinski definition) is 3. The van der Waals surface area contributed by atoms with Crippen LogP contribution < -0.4 is 0 Å². The molecular formula is C20H16N4. The maximum Gasteiger partial charge on any atom is 0.162 e. The van der Waals surface area contributed by atoms with Crippen molar-refractivity contribution in [2.75, 3.05) is 0 Å². The van der Waals surface area contributed by atoms with Crippen LogP contribution >= 0.6 is 0 Å². The van der Waals surface area contributed by atoms with Crippen molar-refractivity contribution in [1.82, 2.24) is 20.2 Å². The summed E-state index contributed by atoms with van der Waals surface area (Å²) in [7, 11) is 0. The fraction of sp³-hybridized carbons (Fsp3) is 0.0500. The van der Waals surface area contributed by atoms with Crippen molar-refractivity contribution in [3.63, 3.8) is 0 Å². The van der Waals surface area contributed by atoms with E-state index in [9.17, 15) is 0 Å². The van der Waals surface area contributed by atoms with Crippen LogP contribution in [-0.2, 0) is 5.54 Å². The average molecular weight is 312 g/mol. The summed E-state index contributed by atoms with van der Waals surface area (Å²) in [6.07, 6.45) is 1.48. The lowest BCUT2D eigenvalue weighted by molar-refractivity contribution is 0.395. The molecule has 0 spiro atoms. The Morgan fingerprint density at radius 1 is 0.583 bits per heavy atom. The molecule has 0 fully saturated rings. The summed E-state index contributed by atoms with van der Waals surface area (Å²) in [4.78, 5) is 1.69. The van der Waals surface area contributed by atoms with E-state index in [1.165, 1.54) is 6.33 Å². The summed E-state index contributed by atoms with van der Waals surface area (Å²) in [6, 6.07) is 30.8. The third-order valence-corrected chi connectivity index (χ3v) is 4.22. The van der Waals surface area contributed by atoms with Crippen LogP contribution in [0, 0.1) is 0 Å². The molecule has 0 radical (unpaired) electrons. The van der Waals surface area contributed by atoms with Gasteiger partial charge in [-0.15, -0.1) is 15.0 Å². The van der Waals surface area contributed by atoms with Crippen LogP contribution in [0.2, 0.25) is 0 Å². The Kier molecular flexibility index (Phi) is 3.63. The molecule has 0 aliphatic carbocycles. The van der Waals surface area contributed by atoms with Gasteiger partial charge in [0.2, 0.25) is 0 Å². The van der Waals surface area contributed by atoms with Crippen LogP contribution in [-0.4, -0.2) is 20.2 Å². The van der Waals surface area contributed by atoms with Crippen molar-refractivity contribution >= 4 is 0 Å². The first-order valence-corrected chi connectivity index (χ1v) is 7.82. The highest BCUT2D eigenvalue weighted by atomic mass is 15.6. The van der Waals surface area contributed by atoms with Gasteiger partial charge in [0.1, 0.15) is 0 Å². The molecule has 0 aliphatic rings. The third-order valence-electron chi connectivity index (χ3n) is 4.22. The number of nitrogens with zero attached hydrogens (tertiary/aromatic N) is 4. The van der Waals surface area contributed by atoms with E-state index in [0.717, 1.165) is 16.7 Å². The van der Waals surface area contributed by atoms with E-state index >= 15 is 0 Å². The Hall–Kier alpha value is -3.27. The molecule has 0 saturated carbocycles. The van der Waals surface area contributed by atoms with E-state index in [2.05, 4.69) is 51.8 Å². The zero-order valence-electron chi connectivity index (χ0n) is 13.0. The monoisotopic (exact) mass is 312 g/mol. The maximum absolute atomic E-state index is 4.41. The van der Waals surface area contributed by atoms with Crippen molar-refractivity contribution < 1.29 is 0 Å². The van der Waals surface area contributed by atoms with Crippen LogP contribution in [0.15, 0.2) is 97.3 Å². The Balaban J connectivity index is 2.12. The van der Waals surface area contributed by atoms with Gasteiger partial charge in [0.05, 0.1) is 0 Å². The predicted octanol–water partition coefficient (Wildman–Crippen LogP) is 3.51. The zero-order chi connectivity index (χ0) is 16.2. The molecule has 0 aliphatic heterocycles. The van der Waals surface area contributed by atoms with Gasteiger partial charge in [-0.05, 0) is 21.9 Å². The highest BCUT2D eigenvalue weighted by Gasteiger charge is 2.40. The minimum Gasteiger partial charge on any atom is -0.145 e. The van der Waals surface area contributed by atoms with Gasteiger partial charge in [0.15, 0.2) is 11.9 Å². The van der Waals surface area contributed by atoms with Crippen LogP contribution in [0.1, 0.15) is 16.7 Å². The smallest absolute Gasteiger partial charge is 0.145 e. The molecule has 1 aromatic heterocycles. The molecule has 4 rings (SSSR count). The van der Waals surface area contributed by atoms with Gasteiger partial charge >= 0.3 is 0 Å². The van der Waals surface area contributed by atoms with Crippen molar-refractivity contribution in [2.24, 2.45) is 0 Å². The largest absolute Gasteiger partial charge is 0.162 e. The van der Waals surface area contributed by atoms with Gasteiger partial charge in [-0.2, -0.15) is 0 Å². The lowest BCUT2D eigenvalue weighted by Gasteiger charge is -2.34. The highest BCUT2D eigenvalue weighted by molar-refractivity contribution is 5.49. The molecule has 0 unspecified atom stereocenters. The predicted molar refractivity (Wildman–Crippen MR) is 92.4 cm³/mol. The average Bonchev–Trinajstić information content (AvgIpc) is 3.20. The van der Waals surface area contributed by atoms with Gasteiger partial charge in [-0.1, -0.05) is 91.0 Å². The molecule has 0 bridgehead atoms. The molecule has 0 saturated heterocycles. The van der Waals surface area contributed by atoms with E-state index in [4.69, 9.17) is 0 Å². The minimum absolute atomic E-state index is 0.666. The van der Waals surface area contributed by atoms with Gasteiger partial charge < -0.3 is 0 Å². The molecule has 4 nitrogen and oxygen atoms in total. The minimum atomic E-state index is -0.666. The number of tetrazole rings is 1. The second-order valence-electron chi connectivity index (χ2n) is 5.53. The van der Waals surface area contributed by atoms with E-state index in [1.54, 1.807) is 4.80 Å². The van der Waals surface area contributed by atoms with Crippen molar-refractivity contribution in [3.05, 3.63) is 114 Å². The summed E-state index contributed by atoms with van der Waals surface area (Å²) in [6.45, 7) is 0. The Bertz CT molecular complexity index is 792. The van der Waals surface area contributed by atoms with E-state index in [0.29, 0.717) is 0 Å². The van der Waals surface area contributed by atoms with Gasteiger partial charge in [0.25, 0.3) is 0 Å². The molecule has 4 aromatic rings. The number of aromatic nitrogens is 4. The van der Waals surface area contributed by atoms with Crippen molar-refractivity contribution in [1.29, 1.82) is 0 Å². The maximum atomic E-state index is 4.41. The Labute approximate surface area is 140 Å². The molecule has 0 N–H and O–H groups in total. The molecule has 116 valence electrons. The molecule has 24 heavy (non-hydrogen) atoms. The number of hydrogen-bond donors (Lipinski definition) is 0. The zero-order valence-corrected chi connectivity index (χ0v) is 13.0. The number of benzene rings is 3. The first kappa shape index (κ1) is 14.3. The van der Waals surface area contributed by atoms with Crippen LogP contribution in [0.3, 0.4) is 0 Å². The lowest BCUT2D eigenvalue weighted by atomic mass is 9.77. The van der Waals surface area contributed by atoms with Crippen LogP contribution in [0.4, 0.5) is 0 Å². The quantitative estimate of drug-likeness (QED) is 0.542. The molecule has 0 atom stereocenters. The Morgan fingerprint density at radius 2 is 1.00 bits per heavy atom.